The lowest BCUT2D eigenvalue weighted by atomic mass is 10.4. The van der Waals surface area contributed by atoms with Crippen LogP contribution in [0.2, 0.25) is 0 Å². The topological polar surface area (TPSA) is 64.8 Å². The SMILES string of the molecule is CC(Br)c1cn(CCS(=O)(=O)c2ccc(Br)cc2)nn1. The summed E-state index contributed by atoms with van der Waals surface area (Å²) in [4.78, 5) is 0.411. The van der Waals surface area contributed by atoms with Crippen LogP contribution >= 0.6 is 31.9 Å². The lowest BCUT2D eigenvalue weighted by Gasteiger charge is -2.04. The van der Waals surface area contributed by atoms with Crippen LogP contribution in [0.15, 0.2) is 39.8 Å². The quantitative estimate of drug-likeness (QED) is 0.694. The molecule has 2 rings (SSSR count). The number of aromatic nitrogens is 3. The summed E-state index contributed by atoms with van der Waals surface area (Å²) in [6, 6.07) is 6.61. The Morgan fingerprint density at radius 1 is 1.30 bits per heavy atom. The Morgan fingerprint density at radius 3 is 2.50 bits per heavy atom. The predicted molar refractivity (Wildman–Crippen MR) is 83.6 cm³/mol. The highest BCUT2D eigenvalue weighted by Gasteiger charge is 2.15. The second-order valence-corrected chi connectivity index (χ2v) is 8.69. The molecule has 1 heterocycles. The van der Waals surface area contributed by atoms with E-state index in [0.717, 1.165) is 10.2 Å². The number of nitrogens with zero attached hydrogens (tertiary/aromatic N) is 3. The van der Waals surface area contributed by atoms with Crippen molar-refractivity contribution in [1.29, 1.82) is 0 Å². The van der Waals surface area contributed by atoms with Gasteiger partial charge in [0.05, 0.1) is 27.7 Å². The fourth-order valence-corrected chi connectivity index (χ4v) is 3.27. The molecule has 0 aliphatic carbocycles. The molecule has 2 aromatic rings. The molecule has 1 unspecified atom stereocenters. The maximum Gasteiger partial charge on any atom is 0.180 e. The fraction of sp³-hybridized carbons (Fsp3) is 0.333. The van der Waals surface area contributed by atoms with Gasteiger partial charge in [-0.1, -0.05) is 37.1 Å². The molecule has 0 bridgehead atoms. The van der Waals surface area contributed by atoms with Crippen LogP contribution in [-0.4, -0.2) is 29.2 Å². The van der Waals surface area contributed by atoms with Crippen molar-refractivity contribution < 1.29 is 8.42 Å². The summed E-state index contributed by atoms with van der Waals surface area (Å²) in [6.07, 6.45) is 1.75. The van der Waals surface area contributed by atoms with Gasteiger partial charge in [-0.25, -0.2) is 8.42 Å². The first-order valence-electron chi connectivity index (χ1n) is 5.91. The zero-order valence-corrected chi connectivity index (χ0v) is 14.7. The van der Waals surface area contributed by atoms with Gasteiger partial charge in [-0.3, -0.25) is 4.68 Å². The Balaban J connectivity index is 2.07. The highest BCUT2D eigenvalue weighted by Crippen LogP contribution is 2.19. The van der Waals surface area contributed by atoms with Gasteiger partial charge in [-0.15, -0.1) is 5.10 Å². The molecule has 0 saturated carbocycles. The predicted octanol–water partition coefficient (Wildman–Crippen LogP) is 2.97. The zero-order chi connectivity index (χ0) is 14.8. The highest BCUT2D eigenvalue weighted by molar-refractivity contribution is 9.10. The first kappa shape index (κ1) is 15.7. The average Bonchev–Trinajstić information content (AvgIpc) is 2.86. The van der Waals surface area contributed by atoms with Gasteiger partial charge in [-0.2, -0.15) is 0 Å². The largest absolute Gasteiger partial charge is 0.251 e. The van der Waals surface area contributed by atoms with E-state index in [1.165, 1.54) is 0 Å². The lowest BCUT2D eigenvalue weighted by Crippen LogP contribution is -2.13. The van der Waals surface area contributed by atoms with Crippen molar-refractivity contribution in [2.24, 2.45) is 0 Å². The van der Waals surface area contributed by atoms with Gasteiger partial charge < -0.3 is 0 Å². The summed E-state index contributed by atoms with van der Waals surface area (Å²) >= 11 is 6.67. The first-order chi connectivity index (χ1) is 9.38. The van der Waals surface area contributed by atoms with E-state index in [2.05, 4.69) is 42.2 Å². The summed E-state index contributed by atoms with van der Waals surface area (Å²) in [6.45, 7) is 2.22. The number of sulfone groups is 1. The van der Waals surface area contributed by atoms with Crippen molar-refractivity contribution >= 4 is 41.7 Å². The van der Waals surface area contributed by atoms with E-state index >= 15 is 0 Å². The maximum absolute atomic E-state index is 12.2. The molecule has 0 spiro atoms. The molecule has 1 aromatic heterocycles. The highest BCUT2D eigenvalue weighted by atomic mass is 79.9. The molecule has 0 amide bonds. The zero-order valence-electron chi connectivity index (χ0n) is 10.7. The van der Waals surface area contributed by atoms with E-state index in [1.54, 1.807) is 35.1 Å². The number of hydrogen-bond acceptors (Lipinski definition) is 4. The minimum atomic E-state index is -3.31. The summed E-state index contributed by atoms with van der Waals surface area (Å²) in [5, 5.41) is 7.88. The van der Waals surface area contributed by atoms with Crippen LogP contribution in [0.1, 0.15) is 17.4 Å². The van der Waals surface area contributed by atoms with Crippen LogP contribution in [0.5, 0.6) is 0 Å². The number of benzene rings is 1. The first-order valence-corrected chi connectivity index (χ1v) is 9.27. The number of alkyl halides is 1. The lowest BCUT2D eigenvalue weighted by molar-refractivity contribution is 0.575. The summed E-state index contributed by atoms with van der Waals surface area (Å²) < 4.78 is 26.7. The van der Waals surface area contributed by atoms with Crippen molar-refractivity contribution in [2.75, 3.05) is 5.75 Å². The molecule has 108 valence electrons. The van der Waals surface area contributed by atoms with Crippen LogP contribution in [0.4, 0.5) is 0 Å². The van der Waals surface area contributed by atoms with Crippen LogP contribution in [0, 0.1) is 0 Å². The normalized spacial score (nSPS) is 13.3. The Kier molecular flexibility index (Phi) is 4.98. The maximum atomic E-state index is 12.2. The Bertz CT molecular complexity index is 681. The Hall–Kier alpha value is -0.730. The van der Waals surface area contributed by atoms with Gasteiger partial charge in [0.25, 0.3) is 0 Å². The van der Waals surface area contributed by atoms with Gasteiger partial charge in [-0.05, 0) is 31.2 Å². The third-order valence-corrected chi connectivity index (χ3v) is 5.43. The summed E-state index contributed by atoms with van der Waals surface area (Å²) in [5.41, 5.74) is 0.783. The molecule has 0 radical (unpaired) electrons. The Labute approximate surface area is 134 Å². The monoisotopic (exact) mass is 421 g/mol. The molecule has 1 atom stereocenters. The van der Waals surface area contributed by atoms with Crippen LogP contribution in [0.25, 0.3) is 0 Å². The van der Waals surface area contributed by atoms with Crippen LogP contribution in [-0.2, 0) is 16.4 Å². The van der Waals surface area contributed by atoms with Gasteiger partial charge in [0.1, 0.15) is 0 Å². The van der Waals surface area contributed by atoms with Gasteiger partial charge >= 0.3 is 0 Å². The van der Waals surface area contributed by atoms with E-state index in [0.29, 0.717) is 4.90 Å². The molecule has 1 aromatic carbocycles. The standard InChI is InChI=1S/C12H13Br2N3O2S/c1-9(13)12-8-17(16-15-12)6-7-20(18,19)11-4-2-10(14)3-5-11/h2-5,8-9H,6-7H2,1H3. The molecular weight excluding hydrogens is 410 g/mol. The number of rotatable bonds is 5. The third-order valence-electron chi connectivity index (χ3n) is 2.73. The molecule has 20 heavy (non-hydrogen) atoms. The van der Waals surface area contributed by atoms with E-state index in [4.69, 9.17) is 0 Å². The van der Waals surface area contributed by atoms with Gasteiger partial charge in [0.15, 0.2) is 9.84 Å². The van der Waals surface area contributed by atoms with E-state index in [-0.39, 0.29) is 17.1 Å². The van der Waals surface area contributed by atoms with Crippen molar-refractivity contribution in [3.63, 3.8) is 0 Å². The number of aryl methyl sites for hydroxylation is 1. The average molecular weight is 423 g/mol. The fourth-order valence-electron chi connectivity index (χ4n) is 1.58. The molecular formula is C12H13Br2N3O2S. The van der Waals surface area contributed by atoms with E-state index in [1.807, 2.05) is 6.92 Å². The van der Waals surface area contributed by atoms with Crippen molar-refractivity contribution in [3.05, 3.63) is 40.6 Å². The van der Waals surface area contributed by atoms with Gasteiger partial charge in [0, 0.05) is 10.7 Å². The summed E-state index contributed by atoms with van der Waals surface area (Å²) in [5.74, 6) is -0.00585. The molecule has 0 N–H and O–H groups in total. The third kappa shape index (κ3) is 3.89. The van der Waals surface area contributed by atoms with Crippen LogP contribution in [0.3, 0.4) is 0 Å². The smallest absolute Gasteiger partial charge is 0.180 e. The molecule has 0 aliphatic rings. The van der Waals surface area contributed by atoms with Crippen LogP contribution < -0.4 is 0 Å². The molecule has 0 fully saturated rings. The van der Waals surface area contributed by atoms with Crippen molar-refractivity contribution in [2.45, 2.75) is 23.2 Å². The number of halogens is 2. The van der Waals surface area contributed by atoms with E-state index < -0.39 is 9.84 Å². The van der Waals surface area contributed by atoms with Crippen molar-refractivity contribution in [1.82, 2.24) is 15.0 Å². The number of hydrogen-bond donors (Lipinski definition) is 0. The van der Waals surface area contributed by atoms with E-state index in [9.17, 15) is 8.42 Å². The molecule has 8 heteroatoms. The second kappa shape index (κ2) is 6.36. The molecule has 0 aliphatic heterocycles. The summed E-state index contributed by atoms with van der Waals surface area (Å²) in [7, 11) is -3.31. The second-order valence-electron chi connectivity index (χ2n) is 4.30. The minimum Gasteiger partial charge on any atom is -0.251 e. The Morgan fingerprint density at radius 2 is 1.95 bits per heavy atom. The van der Waals surface area contributed by atoms with Gasteiger partial charge in [0.2, 0.25) is 0 Å². The minimum absolute atomic E-state index is 0.00585. The van der Waals surface area contributed by atoms with Crippen molar-refractivity contribution in [3.8, 4) is 0 Å². The molecule has 5 nitrogen and oxygen atoms in total. The molecule has 0 saturated heterocycles.